The predicted molar refractivity (Wildman–Crippen MR) is 84.6 cm³/mol. The van der Waals surface area contributed by atoms with Crippen molar-refractivity contribution in [1.82, 2.24) is 20.2 Å². The van der Waals surface area contributed by atoms with E-state index >= 15 is 0 Å². The van der Waals surface area contributed by atoms with Crippen molar-refractivity contribution in [3.8, 4) is 11.9 Å². The van der Waals surface area contributed by atoms with E-state index in [0.29, 0.717) is 31.0 Å². The molecule has 1 aliphatic carbocycles. The topological polar surface area (TPSA) is 76.6 Å². The molecule has 0 bridgehead atoms. The largest absolute Gasteiger partial charge is 0.474 e. The molecule has 7 nitrogen and oxygen atoms in total. The summed E-state index contributed by atoms with van der Waals surface area (Å²) in [5, 5.41) is 3.14. The smallest absolute Gasteiger partial charge is 0.319 e. The second-order valence-electron chi connectivity index (χ2n) is 6.12. The fourth-order valence-corrected chi connectivity index (χ4v) is 3.17. The average molecular weight is 320 g/mol. The Balaban J connectivity index is 1.45. The van der Waals surface area contributed by atoms with Gasteiger partial charge in [-0.3, -0.25) is 0 Å². The summed E-state index contributed by atoms with van der Waals surface area (Å²) in [7, 11) is 1.53. The Kier molecular flexibility index (Phi) is 5.15. The number of rotatable bonds is 4. The van der Waals surface area contributed by atoms with Crippen LogP contribution in [0.3, 0.4) is 0 Å². The van der Waals surface area contributed by atoms with Gasteiger partial charge in [0.05, 0.1) is 7.11 Å². The van der Waals surface area contributed by atoms with Crippen LogP contribution in [0.25, 0.3) is 0 Å². The highest BCUT2D eigenvalue weighted by Gasteiger charge is 2.26. The number of carbonyl (C=O) groups excluding carboxylic acids is 1. The van der Waals surface area contributed by atoms with Crippen molar-refractivity contribution in [2.45, 2.75) is 50.7 Å². The first-order chi connectivity index (χ1) is 11.2. The molecule has 1 saturated heterocycles. The van der Waals surface area contributed by atoms with Gasteiger partial charge in [0.25, 0.3) is 0 Å². The fraction of sp³-hybridized carbons (Fsp3) is 0.688. The molecule has 2 heterocycles. The monoisotopic (exact) mass is 320 g/mol. The summed E-state index contributed by atoms with van der Waals surface area (Å²) < 4.78 is 10.9. The SMILES string of the molecule is COc1nccc(OC2CCN(C(=O)NC3CCCC3)CC2)n1. The van der Waals surface area contributed by atoms with Gasteiger partial charge in [-0.25, -0.2) is 9.78 Å². The summed E-state index contributed by atoms with van der Waals surface area (Å²) in [5.41, 5.74) is 0. The van der Waals surface area contributed by atoms with Gasteiger partial charge in [-0.05, 0) is 12.8 Å². The highest BCUT2D eigenvalue weighted by Crippen LogP contribution is 2.20. The molecule has 0 aromatic carbocycles. The molecule has 1 aromatic heterocycles. The number of nitrogens with zero attached hydrogens (tertiary/aromatic N) is 3. The number of likely N-dealkylation sites (tertiary alicyclic amines) is 1. The number of hydrogen-bond acceptors (Lipinski definition) is 5. The van der Waals surface area contributed by atoms with Crippen LogP contribution in [0.4, 0.5) is 4.79 Å². The summed E-state index contributed by atoms with van der Waals surface area (Å²) >= 11 is 0. The maximum atomic E-state index is 12.2. The number of aromatic nitrogens is 2. The molecule has 2 aliphatic rings. The molecular weight excluding hydrogens is 296 g/mol. The van der Waals surface area contributed by atoms with E-state index in [9.17, 15) is 4.79 Å². The van der Waals surface area contributed by atoms with E-state index < -0.39 is 0 Å². The zero-order valence-corrected chi connectivity index (χ0v) is 13.5. The predicted octanol–water partition coefficient (Wildman–Crippen LogP) is 1.98. The van der Waals surface area contributed by atoms with E-state index in [1.807, 2.05) is 4.90 Å². The number of methoxy groups -OCH3 is 1. The lowest BCUT2D eigenvalue weighted by molar-refractivity contribution is 0.105. The van der Waals surface area contributed by atoms with Gasteiger partial charge in [0.2, 0.25) is 5.88 Å². The van der Waals surface area contributed by atoms with E-state index in [0.717, 1.165) is 25.7 Å². The van der Waals surface area contributed by atoms with Crippen molar-refractivity contribution in [1.29, 1.82) is 0 Å². The second-order valence-corrected chi connectivity index (χ2v) is 6.12. The summed E-state index contributed by atoms with van der Waals surface area (Å²) in [4.78, 5) is 22.2. The number of nitrogens with one attached hydrogen (secondary N) is 1. The third-order valence-corrected chi connectivity index (χ3v) is 4.49. The van der Waals surface area contributed by atoms with Crippen LogP contribution in [0.5, 0.6) is 11.9 Å². The molecule has 1 aromatic rings. The average Bonchev–Trinajstić information content (AvgIpc) is 3.08. The lowest BCUT2D eigenvalue weighted by Crippen LogP contribution is -2.48. The number of carbonyl (C=O) groups is 1. The van der Waals surface area contributed by atoms with Gasteiger partial charge in [0, 0.05) is 44.2 Å². The molecule has 0 atom stereocenters. The van der Waals surface area contributed by atoms with Crippen LogP contribution < -0.4 is 14.8 Å². The quantitative estimate of drug-likeness (QED) is 0.918. The maximum absolute atomic E-state index is 12.2. The van der Waals surface area contributed by atoms with Crippen molar-refractivity contribution in [2.24, 2.45) is 0 Å². The third-order valence-electron chi connectivity index (χ3n) is 4.49. The summed E-state index contributed by atoms with van der Waals surface area (Å²) in [6.07, 6.45) is 7.99. The van der Waals surface area contributed by atoms with Crippen LogP contribution in [-0.4, -0.2) is 53.2 Å². The Bertz CT molecular complexity index is 526. The van der Waals surface area contributed by atoms with Gasteiger partial charge in [-0.15, -0.1) is 0 Å². The first kappa shape index (κ1) is 15.8. The Labute approximate surface area is 136 Å². The molecule has 1 saturated carbocycles. The number of piperidine rings is 1. The molecular formula is C16H24N4O3. The van der Waals surface area contributed by atoms with Crippen LogP contribution in [0.15, 0.2) is 12.3 Å². The minimum absolute atomic E-state index is 0.0686. The normalized spacial score (nSPS) is 19.6. The lowest BCUT2D eigenvalue weighted by atomic mass is 10.1. The van der Waals surface area contributed by atoms with E-state index in [2.05, 4.69) is 15.3 Å². The van der Waals surface area contributed by atoms with E-state index in [1.165, 1.54) is 20.0 Å². The molecule has 2 amide bonds. The number of urea groups is 1. The Morgan fingerprint density at radius 2 is 2.00 bits per heavy atom. The van der Waals surface area contributed by atoms with Crippen LogP contribution in [-0.2, 0) is 0 Å². The standard InChI is InChI=1S/C16H24N4O3/c1-22-15-17-9-6-14(19-15)23-13-7-10-20(11-8-13)16(21)18-12-4-2-3-5-12/h6,9,12-13H,2-5,7-8,10-11H2,1H3,(H,18,21). The Morgan fingerprint density at radius 1 is 1.26 bits per heavy atom. The maximum Gasteiger partial charge on any atom is 0.319 e. The van der Waals surface area contributed by atoms with Crippen molar-refractivity contribution < 1.29 is 14.3 Å². The minimum atomic E-state index is 0.0686. The third kappa shape index (κ3) is 4.24. The van der Waals surface area contributed by atoms with Gasteiger partial charge in [-0.2, -0.15) is 4.98 Å². The lowest BCUT2D eigenvalue weighted by Gasteiger charge is -2.32. The minimum Gasteiger partial charge on any atom is -0.474 e. The molecule has 0 spiro atoms. The molecule has 1 N–H and O–H groups in total. The molecule has 23 heavy (non-hydrogen) atoms. The summed E-state index contributed by atoms with van der Waals surface area (Å²) in [6, 6.07) is 2.46. The fourth-order valence-electron chi connectivity index (χ4n) is 3.17. The highest BCUT2D eigenvalue weighted by atomic mass is 16.5. The number of amides is 2. The van der Waals surface area contributed by atoms with Gasteiger partial charge < -0.3 is 19.7 Å². The first-order valence-electron chi connectivity index (χ1n) is 8.34. The van der Waals surface area contributed by atoms with Gasteiger partial charge >= 0.3 is 12.0 Å². The molecule has 0 radical (unpaired) electrons. The Morgan fingerprint density at radius 3 is 2.70 bits per heavy atom. The van der Waals surface area contributed by atoms with Crippen LogP contribution >= 0.6 is 0 Å². The summed E-state index contributed by atoms with van der Waals surface area (Å²) in [5.74, 6) is 0.519. The number of ether oxygens (including phenoxy) is 2. The second kappa shape index (κ2) is 7.48. The zero-order chi connectivity index (χ0) is 16.1. The molecule has 0 unspecified atom stereocenters. The number of hydrogen-bond donors (Lipinski definition) is 1. The van der Waals surface area contributed by atoms with Gasteiger partial charge in [-0.1, -0.05) is 12.8 Å². The van der Waals surface area contributed by atoms with Crippen LogP contribution in [0.1, 0.15) is 38.5 Å². The van der Waals surface area contributed by atoms with E-state index in [-0.39, 0.29) is 12.1 Å². The van der Waals surface area contributed by atoms with Crippen LogP contribution in [0, 0.1) is 0 Å². The van der Waals surface area contributed by atoms with Gasteiger partial charge in [0.1, 0.15) is 6.10 Å². The van der Waals surface area contributed by atoms with Crippen molar-refractivity contribution in [3.63, 3.8) is 0 Å². The first-order valence-corrected chi connectivity index (χ1v) is 8.34. The summed E-state index contributed by atoms with van der Waals surface area (Å²) in [6.45, 7) is 1.43. The molecule has 2 fully saturated rings. The molecule has 1 aliphatic heterocycles. The molecule has 7 heteroatoms. The van der Waals surface area contributed by atoms with Crippen molar-refractivity contribution in [3.05, 3.63) is 12.3 Å². The van der Waals surface area contributed by atoms with E-state index in [1.54, 1.807) is 12.3 Å². The van der Waals surface area contributed by atoms with Gasteiger partial charge in [0.15, 0.2) is 0 Å². The highest BCUT2D eigenvalue weighted by molar-refractivity contribution is 5.74. The van der Waals surface area contributed by atoms with Crippen molar-refractivity contribution >= 4 is 6.03 Å². The van der Waals surface area contributed by atoms with Crippen LogP contribution in [0.2, 0.25) is 0 Å². The molecule has 126 valence electrons. The zero-order valence-electron chi connectivity index (χ0n) is 13.5. The molecule has 3 rings (SSSR count). The Hall–Kier alpha value is -2.05. The van der Waals surface area contributed by atoms with Crippen molar-refractivity contribution in [2.75, 3.05) is 20.2 Å². The van der Waals surface area contributed by atoms with E-state index in [4.69, 9.17) is 9.47 Å².